The Hall–Kier alpha value is -4.19. The summed E-state index contributed by atoms with van der Waals surface area (Å²) in [6.07, 6.45) is 0. The molecule has 0 aliphatic carbocycles. The van der Waals surface area contributed by atoms with Crippen molar-refractivity contribution in [3.63, 3.8) is 0 Å². The van der Waals surface area contributed by atoms with E-state index in [1.807, 2.05) is 18.2 Å². The molecule has 0 radical (unpaired) electrons. The molecule has 11 heteroatoms. The highest BCUT2D eigenvalue weighted by Crippen LogP contribution is 2.32. The van der Waals surface area contributed by atoms with Gasteiger partial charge in [0.05, 0.1) is 40.4 Å². The molecule has 0 saturated heterocycles. The van der Waals surface area contributed by atoms with Gasteiger partial charge < -0.3 is 10.1 Å². The van der Waals surface area contributed by atoms with Gasteiger partial charge in [0.15, 0.2) is 0 Å². The van der Waals surface area contributed by atoms with Gasteiger partial charge in [-0.2, -0.15) is 0 Å². The molecule has 0 aliphatic rings. The van der Waals surface area contributed by atoms with Gasteiger partial charge in [-0.25, -0.2) is 21.6 Å². The number of carbonyl (C=O) groups excluding carboxylic acids is 1. The molecule has 0 fully saturated rings. The van der Waals surface area contributed by atoms with E-state index in [0.717, 1.165) is 5.56 Å². The van der Waals surface area contributed by atoms with Crippen molar-refractivity contribution < 1.29 is 26.4 Å². The van der Waals surface area contributed by atoms with E-state index >= 15 is 0 Å². The molecule has 4 aromatic carbocycles. The third kappa shape index (κ3) is 6.94. The second-order valence-electron chi connectivity index (χ2n) is 9.42. The number of nitrogens with one attached hydrogen (secondary N) is 2. The number of sulfonamides is 2. The number of ether oxygens (including phenoxy) is 1. The van der Waals surface area contributed by atoms with Crippen molar-refractivity contribution >= 4 is 37.3 Å². The highest BCUT2D eigenvalue weighted by Gasteiger charge is 2.29. The summed E-state index contributed by atoms with van der Waals surface area (Å²) in [4.78, 5) is 13.7. The predicted molar refractivity (Wildman–Crippen MR) is 159 cm³/mol. The SMILES string of the molecule is COc1ccc(S(=O)(=O)NC(C)C)cc1NC(=O)c1ccccc1N(Cc1ccccc1)S(=O)(=O)c1ccccc1. The van der Waals surface area contributed by atoms with Gasteiger partial charge in [-0.15, -0.1) is 0 Å². The molecule has 9 nitrogen and oxygen atoms in total. The third-order valence-electron chi connectivity index (χ3n) is 6.04. The number of carbonyl (C=O) groups is 1. The Kier molecular flexibility index (Phi) is 9.11. The quantitative estimate of drug-likeness (QED) is 0.252. The normalized spacial score (nSPS) is 11.7. The van der Waals surface area contributed by atoms with Gasteiger partial charge in [0.2, 0.25) is 10.0 Å². The van der Waals surface area contributed by atoms with Crippen LogP contribution in [0.2, 0.25) is 0 Å². The van der Waals surface area contributed by atoms with E-state index in [9.17, 15) is 21.6 Å². The monoisotopic (exact) mass is 593 g/mol. The first-order valence-electron chi connectivity index (χ1n) is 12.8. The van der Waals surface area contributed by atoms with Crippen LogP contribution >= 0.6 is 0 Å². The fourth-order valence-electron chi connectivity index (χ4n) is 4.17. The molecular formula is C30H31N3O6S2. The van der Waals surface area contributed by atoms with Crippen molar-refractivity contribution in [2.24, 2.45) is 0 Å². The van der Waals surface area contributed by atoms with E-state index in [0.29, 0.717) is 0 Å². The molecule has 2 N–H and O–H groups in total. The van der Waals surface area contributed by atoms with Crippen molar-refractivity contribution in [2.75, 3.05) is 16.7 Å². The Morgan fingerprint density at radius 3 is 2.05 bits per heavy atom. The fourth-order valence-corrected chi connectivity index (χ4v) is 6.94. The third-order valence-corrected chi connectivity index (χ3v) is 9.47. The lowest BCUT2D eigenvalue weighted by molar-refractivity contribution is 0.102. The molecule has 214 valence electrons. The number of rotatable bonds is 11. The maximum atomic E-state index is 13.9. The van der Waals surface area contributed by atoms with Gasteiger partial charge in [0.25, 0.3) is 15.9 Å². The second-order valence-corrected chi connectivity index (χ2v) is 13.0. The highest BCUT2D eigenvalue weighted by molar-refractivity contribution is 7.92. The average molecular weight is 594 g/mol. The molecule has 0 spiro atoms. The molecule has 0 heterocycles. The van der Waals surface area contributed by atoms with Crippen LogP contribution in [0, 0.1) is 0 Å². The Morgan fingerprint density at radius 2 is 1.41 bits per heavy atom. The lowest BCUT2D eigenvalue weighted by Crippen LogP contribution is -2.32. The van der Waals surface area contributed by atoms with Crippen LogP contribution in [-0.2, 0) is 26.6 Å². The first-order chi connectivity index (χ1) is 19.5. The molecule has 4 rings (SSSR count). The molecule has 0 aromatic heterocycles. The number of para-hydroxylation sites is 1. The van der Waals surface area contributed by atoms with Crippen LogP contribution in [0.1, 0.15) is 29.8 Å². The first-order valence-corrected chi connectivity index (χ1v) is 15.7. The summed E-state index contributed by atoms with van der Waals surface area (Å²) < 4.78 is 62.4. The van der Waals surface area contributed by atoms with E-state index in [1.54, 1.807) is 62.4 Å². The maximum Gasteiger partial charge on any atom is 0.264 e. The van der Waals surface area contributed by atoms with E-state index in [1.165, 1.54) is 47.8 Å². The minimum Gasteiger partial charge on any atom is -0.495 e. The average Bonchev–Trinajstić information content (AvgIpc) is 2.96. The van der Waals surface area contributed by atoms with Crippen molar-refractivity contribution in [3.8, 4) is 5.75 Å². The zero-order valence-corrected chi connectivity index (χ0v) is 24.4. The van der Waals surface area contributed by atoms with E-state index in [-0.39, 0.29) is 45.1 Å². The van der Waals surface area contributed by atoms with Crippen LogP contribution in [0.4, 0.5) is 11.4 Å². The summed E-state index contributed by atoms with van der Waals surface area (Å²) in [5.74, 6) is -0.413. The van der Waals surface area contributed by atoms with Gasteiger partial charge in [-0.3, -0.25) is 9.10 Å². The largest absolute Gasteiger partial charge is 0.495 e. The Balaban J connectivity index is 1.78. The van der Waals surface area contributed by atoms with Gasteiger partial charge in [-0.05, 0) is 61.9 Å². The van der Waals surface area contributed by atoms with Gasteiger partial charge >= 0.3 is 0 Å². The van der Waals surface area contributed by atoms with Crippen LogP contribution in [0.5, 0.6) is 5.75 Å². The molecule has 0 atom stereocenters. The number of hydrogen-bond donors (Lipinski definition) is 2. The van der Waals surface area contributed by atoms with Crippen molar-refractivity contribution in [1.29, 1.82) is 0 Å². The van der Waals surface area contributed by atoms with Gasteiger partial charge in [-0.1, -0.05) is 60.7 Å². The second kappa shape index (κ2) is 12.5. The zero-order valence-electron chi connectivity index (χ0n) is 22.8. The van der Waals surface area contributed by atoms with Crippen LogP contribution in [-0.4, -0.2) is 35.9 Å². The van der Waals surface area contributed by atoms with Crippen LogP contribution < -0.4 is 19.1 Å². The van der Waals surface area contributed by atoms with Gasteiger partial charge in [0.1, 0.15) is 5.75 Å². The summed E-state index contributed by atoms with van der Waals surface area (Å²) in [6.45, 7) is 3.37. The summed E-state index contributed by atoms with van der Waals surface area (Å²) in [5.41, 5.74) is 1.05. The van der Waals surface area contributed by atoms with Crippen molar-refractivity contribution in [3.05, 3.63) is 114 Å². The van der Waals surface area contributed by atoms with Crippen LogP contribution in [0.15, 0.2) is 113 Å². The van der Waals surface area contributed by atoms with Crippen LogP contribution in [0.25, 0.3) is 0 Å². The van der Waals surface area contributed by atoms with E-state index < -0.39 is 26.0 Å². The molecular weight excluding hydrogens is 562 g/mol. The molecule has 0 aliphatic heterocycles. The lowest BCUT2D eigenvalue weighted by Gasteiger charge is -2.26. The first kappa shape index (κ1) is 29.8. The number of anilines is 2. The minimum absolute atomic E-state index is 0.0275. The molecule has 0 saturated carbocycles. The Labute approximate surface area is 240 Å². The minimum atomic E-state index is -4.09. The molecule has 0 bridgehead atoms. The zero-order chi connectivity index (χ0) is 29.6. The number of hydrogen-bond acceptors (Lipinski definition) is 6. The smallest absolute Gasteiger partial charge is 0.264 e. The number of methoxy groups -OCH3 is 1. The topological polar surface area (TPSA) is 122 Å². The lowest BCUT2D eigenvalue weighted by atomic mass is 10.1. The maximum absolute atomic E-state index is 13.9. The van der Waals surface area contributed by atoms with E-state index in [4.69, 9.17) is 4.74 Å². The summed E-state index contributed by atoms with van der Waals surface area (Å²) >= 11 is 0. The number of amides is 1. The predicted octanol–water partition coefficient (Wildman–Crippen LogP) is 5.03. The molecule has 1 amide bonds. The summed E-state index contributed by atoms with van der Waals surface area (Å²) in [7, 11) is -6.55. The van der Waals surface area contributed by atoms with Crippen molar-refractivity contribution in [2.45, 2.75) is 36.2 Å². The molecule has 4 aromatic rings. The Morgan fingerprint density at radius 1 is 0.805 bits per heavy atom. The Bertz CT molecular complexity index is 1730. The standard InChI is InChI=1S/C30H31N3O6S2/c1-22(2)32-40(35,36)25-18-19-29(39-3)27(20-25)31-30(34)26-16-10-11-17-28(26)33(21-23-12-6-4-7-13-23)41(37,38)24-14-8-5-9-15-24/h4-20,22,32H,21H2,1-3H3,(H,31,34). The highest BCUT2D eigenvalue weighted by atomic mass is 32.2. The summed E-state index contributed by atoms with van der Waals surface area (Å²) in [6, 6.07) is 27.2. The van der Waals surface area contributed by atoms with E-state index in [2.05, 4.69) is 10.0 Å². The fraction of sp³-hybridized carbons (Fsp3) is 0.167. The van der Waals surface area contributed by atoms with Crippen LogP contribution in [0.3, 0.4) is 0 Å². The van der Waals surface area contributed by atoms with Gasteiger partial charge in [0, 0.05) is 6.04 Å². The molecule has 0 unspecified atom stereocenters. The van der Waals surface area contributed by atoms with Crippen molar-refractivity contribution in [1.82, 2.24) is 4.72 Å². The number of benzene rings is 4. The number of nitrogens with zero attached hydrogens (tertiary/aromatic N) is 1. The summed E-state index contributed by atoms with van der Waals surface area (Å²) in [5, 5.41) is 2.72. The molecule has 41 heavy (non-hydrogen) atoms.